The van der Waals surface area contributed by atoms with Crippen LogP contribution in [0.15, 0.2) is 41.8 Å². The van der Waals surface area contributed by atoms with Gasteiger partial charge in [-0.1, -0.05) is 6.07 Å². The van der Waals surface area contributed by atoms with E-state index in [9.17, 15) is 9.59 Å². The second kappa shape index (κ2) is 6.68. The van der Waals surface area contributed by atoms with Crippen LogP contribution in [0.25, 0.3) is 0 Å². The van der Waals surface area contributed by atoms with Gasteiger partial charge in [0.15, 0.2) is 11.7 Å². The summed E-state index contributed by atoms with van der Waals surface area (Å²) in [6.07, 6.45) is 0. The van der Waals surface area contributed by atoms with E-state index in [1.54, 1.807) is 55.0 Å². The summed E-state index contributed by atoms with van der Waals surface area (Å²) in [6, 6.07) is 11.7. The Hall–Kier alpha value is -2.65. The Balaban J connectivity index is 2.10. The lowest BCUT2D eigenvalue weighted by molar-refractivity contribution is -0.117. The third-order valence-electron chi connectivity index (χ3n) is 2.78. The Labute approximate surface area is 125 Å². The number of rotatable bonds is 5. The lowest BCUT2D eigenvalue weighted by Crippen LogP contribution is -2.28. The Bertz CT molecular complexity index is 672. The third kappa shape index (κ3) is 3.46. The molecule has 0 aliphatic rings. The van der Waals surface area contributed by atoms with Crippen molar-refractivity contribution in [2.24, 2.45) is 5.92 Å². The van der Waals surface area contributed by atoms with Crippen LogP contribution in [0.1, 0.15) is 9.67 Å². The van der Waals surface area contributed by atoms with E-state index in [4.69, 9.17) is 10.00 Å². The summed E-state index contributed by atoms with van der Waals surface area (Å²) in [6.45, 7) is 0. The maximum Gasteiger partial charge on any atom is 0.249 e. The summed E-state index contributed by atoms with van der Waals surface area (Å²) in [7, 11) is 1.54. The monoisotopic (exact) mass is 300 g/mol. The molecule has 0 radical (unpaired) electrons. The summed E-state index contributed by atoms with van der Waals surface area (Å²) < 4.78 is 5.01. The highest BCUT2D eigenvalue weighted by molar-refractivity contribution is 7.12. The SMILES string of the molecule is COc1ccc(NC(=O)C(C#N)C(=O)c2cccs2)cc1. The fourth-order valence-electron chi connectivity index (χ4n) is 1.69. The van der Waals surface area contributed by atoms with E-state index in [-0.39, 0.29) is 0 Å². The molecule has 5 nitrogen and oxygen atoms in total. The van der Waals surface area contributed by atoms with Gasteiger partial charge in [-0.3, -0.25) is 9.59 Å². The van der Waals surface area contributed by atoms with Crippen LogP contribution in [0.3, 0.4) is 0 Å². The van der Waals surface area contributed by atoms with Crippen molar-refractivity contribution in [2.45, 2.75) is 0 Å². The van der Waals surface area contributed by atoms with Crippen LogP contribution in [0.4, 0.5) is 5.69 Å². The van der Waals surface area contributed by atoms with Gasteiger partial charge in [0, 0.05) is 5.69 Å². The minimum atomic E-state index is -1.36. The van der Waals surface area contributed by atoms with Gasteiger partial charge in [-0.05, 0) is 35.7 Å². The fraction of sp³-hybridized carbons (Fsp3) is 0.133. The molecule has 0 spiro atoms. The fourth-order valence-corrected chi connectivity index (χ4v) is 2.38. The predicted octanol–water partition coefficient (Wildman–Crippen LogP) is 2.72. The zero-order chi connectivity index (χ0) is 15.2. The largest absolute Gasteiger partial charge is 0.497 e. The average molecular weight is 300 g/mol. The van der Waals surface area contributed by atoms with Crippen molar-refractivity contribution >= 4 is 28.7 Å². The summed E-state index contributed by atoms with van der Waals surface area (Å²) in [5.74, 6) is -1.83. The zero-order valence-corrected chi connectivity index (χ0v) is 12.0. The molecule has 0 saturated heterocycles. The topological polar surface area (TPSA) is 79.2 Å². The highest BCUT2D eigenvalue weighted by Crippen LogP contribution is 2.18. The molecule has 2 rings (SSSR count). The third-order valence-corrected chi connectivity index (χ3v) is 3.66. The summed E-state index contributed by atoms with van der Waals surface area (Å²) >= 11 is 1.21. The number of thiophene rings is 1. The summed E-state index contributed by atoms with van der Waals surface area (Å²) in [5, 5.41) is 13.4. The number of anilines is 1. The van der Waals surface area contributed by atoms with E-state index in [0.717, 1.165) is 0 Å². The van der Waals surface area contributed by atoms with Gasteiger partial charge >= 0.3 is 0 Å². The lowest BCUT2D eigenvalue weighted by atomic mass is 10.0. The summed E-state index contributed by atoms with van der Waals surface area (Å²) in [4.78, 5) is 24.5. The first-order valence-electron chi connectivity index (χ1n) is 6.08. The van der Waals surface area contributed by atoms with Gasteiger partial charge in [0.25, 0.3) is 0 Å². The maximum atomic E-state index is 12.1. The number of hydrogen-bond donors (Lipinski definition) is 1. The Kier molecular flexibility index (Phi) is 4.69. The minimum Gasteiger partial charge on any atom is -0.497 e. The van der Waals surface area contributed by atoms with Crippen molar-refractivity contribution in [1.82, 2.24) is 0 Å². The van der Waals surface area contributed by atoms with E-state index in [1.807, 2.05) is 0 Å². The number of ketones is 1. The molecule has 0 aliphatic heterocycles. The van der Waals surface area contributed by atoms with Gasteiger partial charge in [0.1, 0.15) is 5.75 Å². The number of amides is 1. The van der Waals surface area contributed by atoms with Crippen molar-refractivity contribution in [3.05, 3.63) is 46.7 Å². The number of carbonyl (C=O) groups is 2. The highest BCUT2D eigenvalue weighted by Gasteiger charge is 2.28. The predicted molar refractivity (Wildman–Crippen MR) is 79.4 cm³/mol. The van der Waals surface area contributed by atoms with Crippen LogP contribution < -0.4 is 10.1 Å². The van der Waals surface area contributed by atoms with Gasteiger partial charge < -0.3 is 10.1 Å². The second-order valence-corrected chi connectivity index (χ2v) is 5.07. The molecule has 21 heavy (non-hydrogen) atoms. The Morgan fingerprint density at radius 3 is 2.52 bits per heavy atom. The molecule has 1 amide bonds. The molecule has 6 heteroatoms. The quantitative estimate of drug-likeness (QED) is 0.680. The van der Waals surface area contributed by atoms with Crippen LogP contribution in [0.5, 0.6) is 5.75 Å². The first kappa shape index (κ1) is 14.8. The Morgan fingerprint density at radius 2 is 2.00 bits per heavy atom. The van der Waals surface area contributed by atoms with Crippen molar-refractivity contribution in [3.63, 3.8) is 0 Å². The molecular weight excluding hydrogens is 288 g/mol. The molecule has 106 valence electrons. The first-order valence-corrected chi connectivity index (χ1v) is 6.96. The molecule has 0 saturated carbocycles. The number of nitrogens with one attached hydrogen (secondary N) is 1. The van der Waals surface area contributed by atoms with Crippen molar-refractivity contribution in [3.8, 4) is 11.8 Å². The van der Waals surface area contributed by atoms with E-state index < -0.39 is 17.6 Å². The molecular formula is C15H12N2O3S. The van der Waals surface area contributed by atoms with E-state index in [1.165, 1.54) is 11.3 Å². The molecule has 1 unspecified atom stereocenters. The van der Waals surface area contributed by atoms with Crippen LogP contribution >= 0.6 is 11.3 Å². The molecule has 1 atom stereocenters. The van der Waals surface area contributed by atoms with E-state index >= 15 is 0 Å². The van der Waals surface area contributed by atoms with Crippen molar-refractivity contribution < 1.29 is 14.3 Å². The molecule has 0 aliphatic carbocycles. The number of methoxy groups -OCH3 is 1. The minimum absolute atomic E-state index is 0.395. The van der Waals surface area contributed by atoms with Gasteiger partial charge in [-0.2, -0.15) is 5.26 Å². The maximum absolute atomic E-state index is 12.1. The Morgan fingerprint density at radius 1 is 1.29 bits per heavy atom. The summed E-state index contributed by atoms with van der Waals surface area (Å²) in [5.41, 5.74) is 0.500. The number of hydrogen-bond acceptors (Lipinski definition) is 5. The van der Waals surface area contributed by atoms with Gasteiger partial charge in [-0.25, -0.2) is 0 Å². The van der Waals surface area contributed by atoms with Crippen LogP contribution in [0, 0.1) is 17.2 Å². The van der Waals surface area contributed by atoms with Crippen molar-refractivity contribution in [2.75, 3.05) is 12.4 Å². The molecule has 1 aromatic heterocycles. The van der Waals surface area contributed by atoms with Gasteiger partial charge in [-0.15, -0.1) is 11.3 Å². The first-order chi connectivity index (χ1) is 10.2. The van der Waals surface area contributed by atoms with Crippen LogP contribution in [0.2, 0.25) is 0 Å². The zero-order valence-electron chi connectivity index (χ0n) is 11.2. The molecule has 0 fully saturated rings. The average Bonchev–Trinajstić information content (AvgIpc) is 3.03. The number of carbonyl (C=O) groups excluding carboxylic acids is 2. The molecule has 1 heterocycles. The standard InChI is InChI=1S/C15H12N2O3S/c1-20-11-6-4-10(5-7-11)17-15(19)12(9-16)14(18)13-3-2-8-21-13/h2-8,12H,1H3,(H,17,19). The number of ether oxygens (including phenoxy) is 1. The smallest absolute Gasteiger partial charge is 0.249 e. The molecule has 0 bridgehead atoms. The normalized spacial score (nSPS) is 11.2. The molecule has 2 aromatic rings. The molecule has 1 N–H and O–H groups in total. The number of nitrogens with zero attached hydrogens (tertiary/aromatic N) is 1. The number of benzene rings is 1. The number of nitriles is 1. The van der Waals surface area contributed by atoms with E-state index in [0.29, 0.717) is 16.3 Å². The van der Waals surface area contributed by atoms with Crippen LogP contribution in [-0.2, 0) is 4.79 Å². The van der Waals surface area contributed by atoms with Crippen molar-refractivity contribution in [1.29, 1.82) is 5.26 Å². The molecule has 1 aromatic carbocycles. The number of Topliss-reactive ketones (excluding diaryl/α,β-unsaturated/α-hetero) is 1. The lowest BCUT2D eigenvalue weighted by Gasteiger charge is -2.09. The van der Waals surface area contributed by atoms with E-state index in [2.05, 4.69) is 5.32 Å². The van der Waals surface area contributed by atoms with Gasteiger partial charge in [0.2, 0.25) is 5.91 Å². The highest BCUT2D eigenvalue weighted by atomic mass is 32.1. The second-order valence-electron chi connectivity index (χ2n) is 4.12. The van der Waals surface area contributed by atoms with Gasteiger partial charge in [0.05, 0.1) is 18.1 Å². The van der Waals surface area contributed by atoms with Crippen LogP contribution in [-0.4, -0.2) is 18.8 Å².